The van der Waals surface area contributed by atoms with Gasteiger partial charge in [-0.05, 0) is 30.3 Å². The van der Waals surface area contributed by atoms with Crippen molar-refractivity contribution in [2.45, 2.75) is 12.5 Å². The Labute approximate surface area is 174 Å². The first-order valence-electron chi connectivity index (χ1n) is 9.31. The van der Waals surface area contributed by atoms with Crippen LogP contribution in [-0.4, -0.2) is 30.0 Å². The summed E-state index contributed by atoms with van der Waals surface area (Å²) < 4.78 is 5.93. The molecule has 0 aliphatic carbocycles. The zero-order chi connectivity index (χ0) is 20.2. The van der Waals surface area contributed by atoms with Crippen molar-refractivity contribution >= 4 is 23.1 Å². The number of aromatic nitrogens is 1. The summed E-state index contributed by atoms with van der Waals surface area (Å²) >= 11 is 6.13. The van der Waals surface area contributed by atoms with Gasteiger partial charge in [-0.2, -0.15) is 5.26 Å². The molecule has 0 radical (unpaired) electrons. The molecule has 6 heteroatoms. The maximum atomic E-state index is 12.7. The number of benzene rings is 2. The monoisotopic (exact) mass is 403 g/mol. The highest BCUT2D eigenvalue weighted by Gasteiger charge is 2.27. The van der Waals surface area contributed by atoms with E-state index in [-0.39, 0.29) is 11.9 Å². The van der Waals surface area contributed by atoms with Crippen molar-refractivity contribution in [3.63, 3.8) is 0 Å². The molecular formula is C23H18ClN3O2. The fourth-order valence-electron chi connectivity index (χ4n) is 3.46. The molecule has 0 N–H and O–H groups in total. The summed E-state index contributed by atoms with van der Waals surface area (Å²) in [5.41, 5.74) is 2.38. The number of pyridine rings is 1. The lowest BCUT2D eigenvalue weighted by Gasteiger charge is -2.20. The van der Waals surface area contributed by atoms with Gasteiger partial charge in [0.25, 0.3) is 0 Å². The van der Waals surface area contributed by atoms with E-state index in [9.17, 15) is 10.1 Å². The fraction of sp³-hybridized carbons (Fsp3) is 0.174. The lowest BCUT2D eigenvalue weighted by atomic mass is 10.0. The van der Waals surface area contributed by atoms with Gasteiger partial charge in [-0.1, -0.05) is 41.9 Å². The van der Waals surface area contributed by atoms with Crippen LogP contribution in [0.1, 0.15) is 27.9 Å². The van der Waals surface area contributed by atoms with E-state index in [2.05, 4.69) is 16.0 Å². The molecule has 0 spiro atoms. The van der Waals surface area contributed by atoms with Gasteiger partial charge in [-0.15, -0.1) is 0 Å². The second-order valence-corrected chi connectivity index (χ2v) is 7.21. The number of hydrogen-bond donors (Lipinski definition) is 0. The molecule has 0 bridgehead atoms. The third-order valence-corrected chi connectivity index (χ3v) is 5.19. The van der Waals surface area contributed by atoms with Gasteiger partial charge in [0, 0.05) is 30.3 Å². The van der Waals surface area contributed by atoms with E-state index < -0.39 is 0 Å². The highest BCUT2D eigenvalue weighted by Crippen LogP contribution is 2.29. The third-order valence-electron chi connectivity index (χ3n) is 4.90. The lowest BCUT2D eigenvalue weighted by Crippen LogP contribution is -2.25. The minimum Gasteiger partial charge on any atom is -0.471 e. The normalized spacial score (nSPS) is 15.7. The second kappa shape index (κ2) is 8.34. The Bertz CT molecular complexity index is 1080. The highest BCUT2D eigenvalue weighted by molar-refractivity contribution is 6.31. The number of hydrogen-bond acceptors (Lipinski definition) is 5. The van der Waals surface area contributed by atoms with Crippen LogP contribution in [0, 0.1) is 11.3 Å². The van der Waals surface area contributed by atoms with Gasteiger partial charge < -0.3 is 9.64 Å². The van der Waals surface area contributed by atoms with E-state index in [1.54, 1.807) is 42.6 Å². The summed E-state index contributed by atoms with van der Waals surface area (Å²) in [7, 11) is 0. The highest BCUT2D eigenvalue weighted by atomic mass is 35.5. The first kappa shape index (κ1) is 19.0. The fourth-order valence-corrected chi connectivity index (χ4v) is 3.62. The van der Waals surface area contributed by atoms with Crippen molar-refractivity contribution < 1.29 is 9.53 Å². The minimum atomic E-state index is -0.0962. The van der Waals surface area contributed by atoms with Crippen LogP contribution >= 0.6 is 11.6 Å². The maximum absolute atomic E-state index is 12.7. The Morgan fingerprint density at radius 3 is 2.72 bits per heavy atom. The Balaban J connectivity index is 1.51. The molecule has 2 aromatic carbocycles. The maximum Gasteiger partial charge on any atom is 0.232 e. The Morgan fingerprint density at radius 2 is 1.97 bits per heavy atom. The Hall–Kier alpha value is -3.36. The number of rotatable bonds is 5. The van der Waals surface area contributed by atoms with E-state index in [1.807, 2.05) is 24.3 Å². The van der Waals surface area contributed by atoms with Crippen LogP contribution < -0.4 is 9.64 Å². The topological polar surface area (TPSA) is 66.2 Å². The summed E-state index contributed by atoms with van der Waals surface area (Å²) in [5.74, 6) is 0.325. The largest absolute Gasteiger partial charge is 0.471 e. The smallest absolute Gasteiger partial charge is 0.232 e. The van der Waals surface area contributed by atoms with Gasteiger partial charge in [0.15, 0.2) is 5.78 Å². The van der Waals surface area contributed by atoms with Gasteiger partial charge in [-0.3, -0.25) is 4.79 Å². The molecular weight excluding hydrogens is 386 g/mol. The van der Waals surface area contributed by atoms with Crippen molar-refractivity contribution in [3.8, 4) is 11.9 Å². The number of nitrogens with zero attached hydrogens (tertiary/aromatic N) is 3. The quantitative estimate of drug-likeness (QED) is 0.587. The predicted molar refractivity (Wildman–Crippen MR) is 112 cm³/mol. The molecule has 1 aliphatic heterocycles. The number of carbonyl (C=O) groups is 1. The van der Waals surface area contributed by atoms with Crippen LogP contribution in [0.5, 0.6) is 5.88 Å². The van der Waals surface area contributed by atoms with Gasteiger partial charge >= 0.3 is 0 Å². The standard InChI is InChI=1S/C23H18ClN3O2/c24-20-7-4-11-26-23(20)29-19-10-12-27(15-19)21-9-8-17(13-18(21)14-25)22(28)16-5-2-1-3-6-16/h1-9,11,13,19H,10,12,15H2/t19-/m0/s1. The van der Waals surface area contributed by atoms with E-state index in [0.717, 1.165) is 18.7 Å². The molecule has 29 heavy (non-hydrogen) atoms. The lowest BCUT2D eigenvalue weighted by molar-refractivity contribution is 0.103. The van der Waals surface area contributed by atoms with E-state index in [4.69, 9.17) is 16.3 Å². The molecule has 0 saturated carbocycles. The molecule has 1 aromatic heterocycles. The molecule has 2 heterocycles. The minimum absolute atomic E-state index is 0.0698. The molecule has 1 saturated heterocycles. The molecule has 0 amide bonds. The third kappa shape index (κ3) is 4.08. The van der Waals surface area contributed by atoms with E-state index in [0.29, 0.717) is 34.1 Å². The Morgan fingerprint density at radius 1 is 1.14 bits per heavy atom. The van der Waals surface area contributed by atoms with Gasteiger partial charge in [-0.25, -0.2) is 4.98 Å². The summed E-state index contributed by atoms with van der Waals surface area (Å²) in [6.07, 6.45) is 2.37. The zero-order valence-corrected chi connectivity index (χ0v) is 16.3. The second-order valence-electron chi connectivity index (χ2n) is 6.80. The van der Waals surface area contributed by atoms with Crippen molar-refractivity contribution in [2.24, 2.45) is 0 Å². The van der Waals surface area contributed by atoms with Crippen molar-refractivity contribution in [1.82, 2.24) is 4.98 Å². The number of nitriles is 1. The van der Waals surface area contributed by atoms with Gasteiger partial charge in [0.1, 0.15) is 17.2 Å². The first-order chi connectivity index (χ1) is 14.2. The van der Waals surface area contributed by atoms with Crippen LogP contribution in [0.2, 0.25) is 5.02 Å². The van der Waals surface area contributed by atoms with Gasteiger partial charge in [0.05, 0.1) is 17.8 Å². The van der Waals surface area contributed by atoms with Crippen molar-refractivity contribution in [3.05, 3.63) is 88.6 Å². The number of carbonyl (C=O) groups excluding carboxylic acids is 1. The van der Waals surface area contributed by atoms with Gasteiger partial charge in [0.2, 0.25) is 5.88 Å². The molecule has 1 atom stereocenters. The number of anilines is 1. The van der Waals surface area contributed by atoms with Crippen molar-refractivity contribution in [2.75, 3.05) is 18.0 Å². The van der Waals surface area contributed by atoms with Crippen molar-refractivity contribution in [1.29, 1.82) is 5.26 Å². The van der Waals surface area contributed by atoms with E-state index in [1.165, 1.54) is 0 Å². The molecule has 144 valence electrons. The number of ether oxygens (including phenoxy) is 1. The Kier molecular flexibility index (Phi) is 5.46. The first-order valence-corrected chi connectivity index (χ1v) is 9.69. The van der Waals surface area contributed by atoms with Crippen LogP contribution in [0.15, 0.2) is 66.9 Å². The summed E-state index contributed by atoms with van der Waals surface area (Å²) in [4.78, 5) is 18.9. The summed E-state index contributed by atoms with van der Waals surface area (Å²) in [6.45, 7) is 1.36. The number of ketones is 1. The van der Waals surface area contributed by atoms with Crippen LogP contribution in [0.4, 0.5) is 5.69 Å². The molecule has 0 unspecified atom stereocenters. The molecule has 4 rings (SSSR count). The average Bonchev–Trinajstić information content (AvgIpc) is 3.23. The zero-order valence-electron chi connectivity index (χ0n) is 15.6. The summed E-state index contributed by atoms with van der Waals surface area (Å²) in [5, 5.41) is 10.1. The SMILES string of the molecule is N#Cc1cc(C(=O)c2ccccc2)ccc1N1CC[C@H](Oc2ncccc2Cl)C1. The van der Waals surface area contributed by atoms with E-state index >= 15 is 0 Å². The molecule has 5 nitrogen and oxygen atoms in total. The van der Waals surface area contributed by atoms with Crippen LogP contribution in [0.3, 0.4) is 0 Å². The molecule has 3 aromatic rings. The predicted octanol–water partition coefficient (Wildman–Crippen LogP) is 4.50. The van der Waals surface area contributed by atoms with Crippen LogP contribution in [-0.2, 0) is 0 Å². The molecule has 1 fully saturated rings. The van der Waals surface area contributed by atoms with Crippen LogP contribution in [0.25, 0.3) is 0 Å². The average molecular weight is 404 g/mol. The summed E-state index contributed by atoms with van der Waals surface area (Å²) in [6, 6.07) is 20.1. The molecule has 1 aliphatic rings. The number of halogens is 1.